The van der Waals surface area contributed by atoms with Crippen molar-refractivity contribution in [2.45, 2.75) is 39.3 Å². The van der Waals surface area contributed by atoms with Crippen molar-refractivity contribution >= 4 is 38.4 Å². The molecule has 0 bridgehead atoms. The summed E-state index contributed by atoms with van der Waals surface area (Å²) in [5, 5.41) is 8.86. The zero-order chi connectivity index (χ0) is 25.4. The fourth-order valence-corrected chi connectivity index (χ4v) is 6.58. The van der Waals surface area contributed by atoms with Gasteiger partial charge in [-0.1, -0.05) is 61.0 Å². The van der Waals surface area contributed by atoms with Crippen LogP contribution in [0.2, 0.25) is 5.02 Å². The van der Waals surface area contributed by atoms with E-state index >= 15 is 0 Å². The van der Waals surface area contributed by atoms with E-state index in [1.54, 1.807) is 16.8 Å². The zero-order valence-electron chi connectivity index (χ0n) is 20.2. The highest BCUT2D eigenvalue weighted by molar-refractivity contribution is 7.91. The highest BCUT2D eigenvalue weighted by Gasteiger charge is 2.32. The van der Waals surface area contributed by atoms with Gasteiger partial charge in [0.15, 0.2) is 15.5 Å². The van der Waals surface area contributed by atoms with Crippen LogP contribution in [-0.4, -0.2) is 40.6 Å². The van der Waals surface area contributed by atoms with Crippen LogP contribution in [0.25, 0.3) is 22.3 Å². The second-order valence-corrected chi connectivity index (χ2v) is 11.8. The van der Waals surface area contributed by atoms with Crippen LogP contribution < -0.4 is 5.32 Å². The van der Waals surface area contributed by atoms with E-state index in [1.165, 1.54) is 5.56 Å². The number of halogens is 1. The molecule has 1 fully saturated rings. The number of sulfone groups is 1. The van der Waals surface area contributed by atoms with E-state index in [0.717, 1.165) is 17.5 Å². The van der Waals surface area contributed by atoms with E-state index in [1.807, 2.05) is 49.4 Å². The van der Waals surface area contributed by atoms with Crippen LogP contribution in [0.3, 0.4) is 0 Å². The normalized spacial score (nSPS) is 16.9. The van der Waals surface area contributed by atoms with Crippen molar-refractivity contribution in [3.63, 3.8) is 0 Å². The Morgan fingerprint density at radius 3 is 2.58 bits per heavy atom. The molecule has 2 aromatic carbocycles. The van der Waals surface area contributed by atoms with Crippen molar-refractivity contribution in [1.29, 1.82) is 0 Å². The minimum absolute atomic E-state index is 0.0222. The Bertz CT molecular complexity index is 1560. The van der Waals surface area contributed by atoms with Gasteiger partial charge in [-0.2, -0.15) is 5.10 Å². The van der Waals surface area contributed by atoms with Gasteiger partial charge in [0.05, 0.1) is 39.9 Å². The van der Waals surface area contributed by atoms with Crippen molar-refractivity contribution in [2.75, 3.05) is 11.5 Å². The number of fused-ring (bicyclic) bond motifs is 1. The molecular weight excluding hydrogens is 496 g/mol. The summed E-state index contributed by atoms with van der Waals surface area (Å²) in [4.78, 5) is 18.4. The van der Waals surface area contributed by atoms with E-state index in [4.69, 9.17) is 16.6 Å². The summed E-state index contributed by atoms with van der Waals surface area (Å²) in [7, 11) is -3.12. The molecule has 1 saturated heterocycles. The molecular formula is C27H27ClN4O3S. The number of carbonyl (C=O) groups is 1. The number of pyridine rings is 1. The van der Waals surface area contributed by atoms with Crippen LogP contribution >= 0.6 is 11.6 Å². The molecule has 1 aliphatic rings. The maximum Gasteiger partial charge on any atom is 0.252 e. The Hall–Kier alpha value is -3.23. The average Bonchev–Trinajstić information content (AvgIpc) is 3.41. The second kappa shape index (κ2) is 9.67. The van der Waals surface area contributed by atoms with E-state index in [9.17, 15) is 13.2 Å². The Morgan fingerprint density at radius 1 is 1.17 bits per heavy atom. The Kier molecular flexibility index (Phi) is 6.57. The highest BCUT2D eigenvalue weighted by atomic mass is 35.5. The third kappa shape index (κ3) is 4.75. The molecule has 1 amide bonds. The molecule has 1 aliphatic heterocycles. The molecule has 4 aromatic rings. The Labute approximate surface area is 215 Å². The molecule has 1 atom stereocenters. The lowest BCUT2D eigenvalue weighted by atomic mass is 10.0. The molecule has 5 rings (SSSR count). The summed E-state index contributed by atoms with van der Waals surface area (Å²) in [6.45, 7) is 4.19. The second-order valence-electron chi connectivity index (χ2n) is 9.17. The van der Waals surface area contributed by atoms with Gasteiger partial charge in [0, 0.05) is 17.1 Å². The first-order valence-corrected chi connectivity index (χ1v) is 14.2. The first-order valence-electron chi connectivity index (χ1n) is 12.0. The van der Waals surface area contributed by atoms with Gasteiger partial charge in [-0.25, -0.2) is 18.1 Å². The van der Waals surface area contributed by atoms with Crippen molar-refractivity contribution in [2.24, 2.45) is 0 Å². The molecule has 0 saturated carbocycles. The fraction of sp³-hybridized carbons (Fsp3) is 0.296. The van der Waals surface area contributed by atoms with Gasteiger partial charge in [0.2, 0.25) is 0 Å². The van der Waals surface area contributed by atoms with Crippen LogP contribution in [-0.2, 0) is 22.8 Å². The molecule has 0 radical (unpaired) electrons. The number of nitrogens with zero attached hydrogens (tertiary/aromatic N) is 3. The molecule has 3 heterocycles. The number of nitrogens with one attached hydrogen (secondary N) is 1. The zero-order valence-corrected chi connectivity index (χ0v) is 21.7. The lowest BCUT2D eigenvalue weighted by molar-refractivity contribution is 0.0952. The van der Waals surface area contributed by atoms with Gasteiger partial charge >= 0.3 is 0 Å². The summed E-state index contributed by atoms with van der Waals surface area (Å²) >= 11 is 6.28. The number of aryl methyl sites for hydroxylation is 2. The summed E-state index contributed by atoms with van der Waals surface area (Å²) in [5.41, 5.74) is 5.14. The SMILES string of the molecule is CCc1ccc(-c2cc(C(=O)NCc3ccccc3Cl)c3c(C)nn(C4CCS(=O)(=O)C4)c3n2)cc1. The first kappa shape index (κ1) is 24.5. The number of benzene rings is 2. The van der Waals surface area contributed by atoms with Gasteiger partial charge in [0.25, 0.3) is 5.91 Å². The van der Waals surface area contributed by atoms with Gasteiger partial charge in [0.1, 0.15) is 0 Å². The number of carbonyl (C=O) groups excluding carboxylic acids is 1. The van der Waals surface area contributed by atoms with Crippen molar-refractivity contribution < 1.29 is 13.2 Å². The smallest absolute Gasteiger partial charge is 0.252 e. The summed E-state index contributed by atoms with van der Waals surface area (Å²) in [5.74, 6) is -0.120. The lowest BCUT2D eigenvalue weighted by Crippen LogP contribution is -2.23. The Balaban J connectivity index is 1.61. The topological polar surface area (TPSA) is 94.0 Å². The van der Waals surface area contributed by atoms with Crippen LogP contribution in [0.1, 0.15) is 46.6 Å². The maximum atomic E-state index is 13.5. The van der Waals surface area contributed by atoms with Gasteiger partial charge in [-0.3, -0.25) is 4.79 Å². The summed E-state index contributed by atoms with van der Waals surface area (Å²) in [6.07, 6.45) is 1.40. The van der Waals surface area contributed by atoms with Crippen molar-refractivity contribution in [3.05, 3.63) is 82.0 Å². The van der Waals surface area contributed by atoms with Crippen LogP contribution in [0, 0.1) is 6.92 Å². The average molecular weight is 523 g/mol. The molecule has 2 aromatic heterocycles. The molecule has 0 aliphatic carbocycles. The van der Waals surface area contributed by atoms with E-state index in [0.29, 0.717) is 39.4 Å². The van der Waals surface area contributed by atoms with E-state index in [2.05, 4.69) is 17.3 Å². The number of aromatic nitrogens is 3. The monoisotopic (exact) mass is 522 g/mol. The highest BCUT2D eigenvalue weighted by Crippen LogP contribution is 2.32. The van der Waals surface area contributed by atoms with Crippen molar-refractivity contribution in [1.82, 2.24) is 20.1 Å². The summed E-state index contributed by atoms with van der Waals surface area (Å²) in [6, 6.07) is 16.9. The third-order valence-electron chi connectivity index (χ3n) is 6.69. The molecule has 9 heteroatoms. The van der Waals surface area contributed by atoms with E-state index in [-0.39, 0.29) is 30.0 Å². The predicted molar refractivity (Wildman–Crippen MR) is 142 cm³/mol. The van der Waals surface area contributed by atoms with Crippen molar-refractivity contribution in [3.8, 4) is 11.3 Å². The van der Waals surface area contributed by atoms with Crippen LogP contribution in [0.4, 0.5) is 0 Å². The van der Waals surface area contributed by atoms with Crippen LogP contribution in [0.5, 0.6) is 0 Å². The molecule has 1 unspecified atom stereocenters. The minimum atomic E-state index is -3.12. The Morgan fingerprint density at radius 2 is 1.92 bits per heavy atom. The third-order valence-corrected chi connectivity index (χ3v) is 8.81. The predicted octanol–water partition coefficient (Wildman–Crippen LogP) is 4.91. The quantitative estimate of drug-likeness (QED) is 0.388. The molecule has 7 nitrogen and oxygen atoms in total. The number of hydrogen-bond donors (Lipinski definition) is 1. The van der Waals surface area contributed by atoms with Gasteiger partial charge in [-0.15, -0.1) is 0 Å². The number of amides is 1. The number of hydrogen-bond acceptors (Lipinski definition) is 5. The molecule has 1 N–H and O–H groups in total. The standard InChI is InChI=1S/C27H27ClN4O3S/c1-3-18-8-10-19(11-9-18)24-14-22(27(33)29-15-20-6-4-5-7-23(20)28)25-17(2)31-32(26(25)30-24)21-12-13-36(34,35)16-21/h4-11,14,21H,3,12-13,15-16H2,1-2H3,(H,29,33). The van der Waals surface area contributed by atoms with Gasteiger partial charge < -0.3 is 5.32 Å². The van der Waals surface area contributed by atoms with E-state index < -0.39 is 9.84 Å². The van der Waals surface area contributed by atoms with Crippen LogP contribution in [0.15, 0.2) is 54.6 Å². The fourth-order valence-electron chi connectivity index (χ4n) is 4.69. The minimum Gasteiger partial charge on any atom is -0.348 e. The number of rotatable bonds is 6. The first-order chi connectivity index (χ1) is 17.3. The maximum absolute atomic E-state index is 13.5. The molecule has 36 heavy (non-hydrogen) atoms. The molecule has 0 spiro atoms. The van der Waals surface area contributed by atoms with Gasteiger partial charge in [-0.05, 0) is 43.0 Å². The largest absolute Gasteiger partial charge is 0.348 e. The molecule has 186 valence electrons. The summed E-state index contributed by atoms with van der Waals surface area (Å²) < 4.78 is 26.1. The lowest BCUT2D eigenvalue weighted by Gasteiger charge is -2.13.